The van der Waals surface area contributed by atoms with E-state index >= 15 is 0 Å². The highest BCUT2D eigenvalue weighted by Gasteiger charge is 2.19. The van der Waals surface area contributed by atoms with Crippen molar-refractivity contribution >= 4 is 21.6 Å². The zero-order valence-electron chi connectivity index (χ0n) is 11.5. The Kier molecular flexibility index (Phi) is 4.03. The van der Waals surface area contributed by atoms with Crippen LogP contribution in [0.2, 0.25) is 0 Å². The zero-order valence-corrected chi connectivity index (χ0v) is 13.1. The summed E-state index contributed by atoms with van der Waals surface area (Å²) < 4.78 is 3.24. The maximum absolute atomic E-state index is 4.19. The second-order valence-corrected chi connectivity index (χ2v) is 5.83. The Morgan fingerprint density at radius 1 is 1.35 bits per heavy atom. The van der Waals surface area contributed by atoms with Crippen molar-refractivity contribution in [2.75, 3.05) is 18.0 Å². The average molecular weight is 336 g/mol. The first kappa shape index (κ1) is 13.6. The summed E-state index contributed by atoms with van der Waals surface area (Å²) in [4.78, 5) is 2.38. The first-order chi connectivity index (χ1) is 9.78. The van der Waals surface area contributed by atoms with Crippen LogP contribution in [0.4, 0.5) is 5.69 Å². The van der Waals surface area contributed by atoms with Crippen molar-refractivity contribution in [3.05, 3.63) is 40.4 Å². The number of halogens is 1. The third-order valence-corrected chi connectivity index (χ3v) is 4.08. The summed E-state index contributed by atoms with van der Waals surface area (Å²) in [5.74, 6) is 1.04. The van der Waals surface area contributed by atoms with Gasteiger partial charge in [0.1, 0.15) is 6.33 Å². The summed E-state index contributed by atoms with van der Waals surface area (Å²) >= 11 is 3.56. The predicted octanol–water partition coefficient (Wildman–Crippen LogP) is 2.17. The van der Waals surface area contributed by atoms with Crippen molar-refractivity contribution in [3.8, 4) is 0 Å². The second kappa shape index (κ2) is 5.93. The molecular formula is C14H18BrN5. The van der Waals surface area contributed by atoms with Gasteiger partial charge in [-0.25, -0.2) is 0 Å². The molecule has 1 N–H and O–H groups in total. The SMILES string of the molecule is CCNCc1cc(Br)ccc1N1CCn2cnnc2C1. The zero-order chi connectivity index (χ0) is 13.9. The Morgan fingerprint density at radius 2 is 2.25 bits per heavy atom. The highest BCUT2D eigenvalue weighted by Crippen LogP contribution is 2.27. The van der Waals surface area contributed by atoms with Gasteiger partial charge in [0, 0.05) is 29.8 Å². The van der Waals surface area contributed by atoms with E-state index in [4.69, 9.17) is 0 Å². The van der Waals surface area contributed by atoms with Gasteiger partial charge < -0.3 is 14.8 Å². The second-order valence-electron chi connectivity index (χ2n) is 4.92. The molecule has 0 atom stereocenters. The number of benzene rings is 1. The Hall–Kier alpha value is -1.40. The van der Waals surface area contributed by atoms with Crippen molar-refractivity contribution in [2.45, 2.75) is 26.6 Å². The molecule has 0 saturated heterocycles. The fourth-order valence-electron chi connectivity index (χ4n) is 2.54. The highest BCUT2D eigenvalue weighted by molar-refractivity contribution is 9.10. The molecule has 20 heavy (non-hydrogen) atoms. The molecule has 1 aliphatic heterocycles. The first-order valence-electron chi connectivity index (χ1n) is 6.88. The minimum Gasteiger partial charge on any atom is -0.362 e. The van der Waals surface area contributed by atoms with E-state index in [1.54, 1.807) is 0 Å². The Balaban J connectivity index is 1.86. The molecule has 6 heteroatoms. The van der Waals surface area contributed by atoms with E-state index in [0.717, 1.165) is 43.0 Å². The molecule has 2 heterocycles. The molecule has 1 aliphatic rings. The van der Waals surface area contributed by atoms with Crippen LogP contribution in [0.25, 0.3) is 0 Å². The lowest BCUT2D eigenvalue weighted by Gasteiger charge is -2.31. The normalized spacial score (nSPS) is 14.4. The molecule has 0 bridgehead atoms. The van der Waals surface area contributed by atoms with Gasteiger partial charge in [0.2, 0.25) is 0 Å². The lowest BCUT2D eigenvalue weighted by atomic mass is 10.1. The molecule has 5 nitrogen and oxygen atoms in total. The molecule has 3 rings (SSSR count). The van der Waals surface area contributed by atoms with Gasteiger partial charge >= 0.3 is 0 Å². The molecule has 1 aromatic heterocycles. The monoisotopic (exact) mass is 335 g/mol. The average Bonchev–Trinajstić information content (AvgIpc) is 2.92. The molecule has 0 amide bonds. The molecule has 0 fully saturated rings. The summed E-state index contributed by atoms with van der Waals surface area (Å²) in [6, 6.07) is 6.48. The number of fused-ring (bicyclic) bond motifs is 1. The Bertz CT molecular complexity index is 595. The summed E-state index contributed by atoms with van der Waals surface area (Å²) in [5, 5.41) is 11.6. The molecular weight excluding hydrogens is 318 g/mol. The maximum atomic E-state index is 4.19. The quantitative estimate of drug-likeness (QED) is 0.930. The highest BCUT2D eigenvalue weighted by atomic mass is 79.9. The van der Waals surface area contributed by atoms with Crippen LogP contribution >= 0.6 is 15.9 Å². The van der Waals surface area contributed by atoms with Crippen LogP contribution in [-0.2, 0) is 19.6 Å². The van der Waals surface area contributed by atoms with Gasteiger partial charge in [-0.2, -0.15) is 0 Å². The van der Waals surface area contributed by atoms with Crippen LogP contribution in [0.15, 0.2) is 29.0 Å². The summed E-state index contributed by atoms with van der Waals surface area (Å²) in [6.45, 7) is 6.74. The third kappa shape index (κ3) is 2.71. The van der Waals surface area contributed by atoms with Crippen molar-refractivity contribution in [3.63, 3.8) is 0 Å². The van der Waals surface area contributed by atoms with Gasteiger partial charge in [-0.05, 0) is 30.3 Å². The summed E-state index contributed by atoms with van der Waals surface area (Å²) in [7, 11) is 0. The van der Waals surface area contributed by atoms with Crippen molar-refractivity contribution in [2.24, 2.45) is 0 Å². The van der Waals surface area contributed by atoms with Crippen LogP contribution in [0, 0.1) is 0 Å². The number of nitrogens with one attached hydrogen (secondary N) is 1. The van der Waals surface area contributed by atoms with Crippen LogP contribution < -0.4 is 10.2 Å². The minimum absolute atomic E-state index is 0.820. The van der Waals surface area contributed by atoms with Gasteiger partial charge in [0.05, 0.1) is 6.54 Å². The fraction of sp³-hybridized carbons (Fsp3) is 0.429. The summed E-state index contributed by atoms with van der Waals surface area (Å²) in [6.07, 6.45) is 1.81. The van der Waals surface area contributed by atoms with E-state index in [1.165, 1.54) is 11.3 Å². The van der Waals surface area contributed by atoms with E-state index in [1.807, 2.05) is 6.33 Å². The number of aromatic nitrogens is 3. The van der Waals surface area contributed by atoms with E-state index < -0.39 is 0 Å². The molecule has 0 spiro atoms. The lowest BCUT2D eigenvalue weighted by Crippen LogP contribution is -2.34. The topological polar surface area (TPSA) is 46.0 Å². The van der Waals surface area contributed by atoms with Gasteiger partial charge in [-0.1, -0.05) is 22.9 Å². The number of rotatable bonds is 4. The molecule has 0 radical (unpaired) electrons. The van der Waals surface area contributed by atoms with Gasteiger partial charge in [-0.15, -0.1) is 10.2 Å². The largest absolute Gasteiger partial charge is 0.362 e. The molecule has 0 aliphatic carbocycles. The van der Waals surface area contributed by atoms with E-state index in [2.05, 4.69) is 66.0 Å². The number of nitrogens with zero attached hydrogens (tertiary/aromatic N) is 4. The predicted molar refractivity (Wildman–Crippen MR) is 82.6 cm³/mol. The number of hydrogen-bond acceptors (Lipinski definition) is 4. The van der Waals surface area contributed by atoms with E-state index in [-0.39, 0.29) is 0 Å². The van der Waals surface area contributed by atoms with E-state index in [0.29, 0.717) is 0 Å². The first-order valence-corrected chi connectivity index (χ1v) is 7.68. The smallest absolute Gasteiger partial charge is 0.152 e. The standard InChI is InChI=1S/C14H18BrN5/c1-2-16-8-11-7-12(15)3-4-13(11)19-5-6-20-10-17-18-14(20)9-19/h3-4,7,10,16H,2,5-6,8-9H2,1H3. The van der Waals surface area contributed by atoms with Crippen molar-refractivity contribution in [1.29, 1.82) is 0 Å². The lowest BCUT2D eigenvalue weighted by molar-refractivity contribution is 0.557. The van der Waals surface area contributed by atoms with E-state index in [9.17, 15) is 0 Å². The van der Waals surface area contributed by atoms with Crippen LogP contribution in [0.5, 0.6) is 0 Å². The van der Waals surface area contributed by atoms with Gasteiger partial charge in [0.15, 0.2) is 5.82 Å². The molecule has 0 unspecified atom stereocenters. The Labute approximate surface area is 127 Å². The molecule has 2 aromatic rings. The van der Waals surface area contributed by atoms with Gasteiger partial charge in [0.25, 0.3) is 0 Å². The van der Waals surface area contributed by atoms with Crippen LogP contribution in [0.1, 0.15) is 18.3 Å². The summed E-state index contributed by atoms with van der Waals surface area (Å²) in [5.41, 5.74) is 2.59. The fourth-order valence-corrected chi connectivity index (χ4v) is 2.94. The van der Waals surface area contributed by atoms with Crippen molar-refractivity contribution in [1.82, 2.24) is 20.1 Å². The molecule has 0 saturated carbocycles. The molecule has 106 valence electrons. The third-order valence-electron chi connectivity index (χ3n) is 3.59. The van der Waals surface area contributed by atoms with Crippen molar-refractivity contribution < 1.29 is 0 Å². The Morgan fingerprint density at radius 3 is 3.10 bits per heavy atom. The number of anilines is 1. The van der Waals surface area contributed by atoms with Crippen LogP contribution in [-0.4, -0.2) is 27.9 Å². The van der Waals surface area contributed by atoms with Crippen LogP contribution in [0.3, 0.4) is 0 Å². The number of hydrogen-bond donors (Lipinski definition) is 1. The van der Waals surface area contributed by atoms with Gasteiger partial charge in [-0.3, -0.25) is 0 Å². The minimum atomic E-state index is 0.820. The molecule has 1 aromatic carbocycles. The maximum Gasteiger partial charge on any atom is 0.152 e.